The molecule has 0 aliphatic heterocycles. The van der Waals surface area contributed by atoms with E-state index >= 15 is 0 Å². The van der Waals surface area contributed by atoms with Crippen molar-refractivity contribution in [1.29, 1.82) is 0 Å². The molecule has 0 spiro atoms. The molecule has 1 amide bonds. The van der Waals surface area contributed by atoms with Gasteiger partial charge < -0.3 is 15.2 Å². The lowest BCUT2D eigenvalue weighted by molar-refractivity contribution is -0.142. The fourth-order valence-corrected chi connectivity index (χ4v) is 4.52. The molecule has 1 aliphatic rings. The van der Waals surface area contributed by atoms with E-state index in [2.05, 4.69) is 10.0 Å². The molecule has 1 fully saturated rings. The van der Waals surface area contributed by atoms with Crippen LogP contribution in [0.1, 0.15) is 24.8 Å². The first kappa shape index (κ1) is 22.4. The first-order valence-corrected chi connectivity index (χ1v) is 11.2. The number of carbonyl (C=O) groups excluding carboxylic acids is 1. The van der Waals surface area contributed by atoms with Gasteiger partial charge in [0.2, 0.25) is 5.91 Å². The Morgan fingerprint density at radius 3 is 2.35 bits per heavy atom. The number of nitrogens with one attached hydrogen (secondary N) is 2. The maximum atomic E-state index is 12.5. The minimum absolute atomic E-state index is 0.0835. The van der Waals surface area contributed by atoms with Crippen LogP contribution in [0.3, 0.4) is 0 Å². The van der Waals surface area contributed by atoms with E-state index in [-0.39, 0.29) is 16.8 Å². The lowest BCUT2D eigenvalue weighted by atomic mass is 10.0. The maximum absolute atomic E-state index is 12.5. The molecule has 1 aliphatic carbocycles. The van der Waals surface area contributed by atoms with E-state index in [1.54, 1.807) is 42.5 Å². The molecule has 2 unspecified atom stereocenters. The Bertz CT molecular complexity index is 1060. The highest BCUT2D eigenvalue weighted by Gasteiger charge is 2.33. The van der Waals surface area contributed by atoms with Gasteiger partial charge in [-0.2, -0.15) is 0 Å². The van der Waals surface area contributed by atoms with E-state index in [0.29, 0.717) is 29.8 Å². The van der Waals surface area contributed by atoms with Gasteiger partial charge in [-0.05, 0) is 60.9 Å². The Balaban J connectivity index is 1.61. The Morgan fingerprint density at radius 2 is 1.74 bits per heavy atom. The number of anilines is 1. The molecule has 3 rings (SSSR count). The van der Waals surface area contributed by atoms with E-state index in [9.17, 15) is 23.1 Å². The lowest BCUT2D eigenvalue weighted by Gasteiger charge is -2.16. The van der Waals surface area contributed by atoms with Crippen molar-refractivity contribution in [3.63, 3.8) is 0 Å². The fraction of sp³-hybridized carbons (Fsp3) is 0.273. The Kier molecular flexibility index (Phi) is 6.96. The van der Waals surface area contributed by atoms with Gasteiger partial charge in [0.15, 0.2) is 0 Å². The third-order valence-electron chi connectivity index (χ3n) is 5.12. The van der Waals surface area contributed by atoms with Crippen LogP contribution in [0.25, 0.3) is 6.08 Å². The van der Waals surface area contributed by atoms with Crippen LogP contribution in [-0.2, 0) is 19.6 Å². The van der Waals surface area contributed by atoms with Crippen LogP contribution < -0.4 is 14.8 Å². The zero-order chi connectivity index (χ0) is 22.4. The van der Waals surface area contributed by atoms with Crippen LogP contribution >= 0.6 is 0 Å². The van der Waals surface area contributed by atoms with Crippen molar-refractivity contribution in [2.45, 2.75) is 30.2 Å². The first-order valence-electron chi connectivity index (χ1n) is 9.77. The van der Waals surface area contributed by atoms with Crippen LogP contribution in [0, 0.1) is 5.92 Å². The summed E-state index contributed by atoms with van der Waals surface area (Å²) in [4.78, 5) is 23.4. The van der Waals surface area contributed by atoms with Gasteiger partial charge >= 0.3 is 5.97 Å². The number of rotatable bonds is 8. The van der Waals surface area contributed by atoms with Gasteiger partial charge in [0.1, 0.15) is 5.75 Å². The molecule has 0 radical (unpaired) electrons. The second kappa shape index (κ2) is 9.65. The number of sulfonamides is 1. The number of benzene rings is 2. The summed E-state index contributed by atoms with van der Waals surface area (Å²) >= 11 is 0. The van der Waals surface area contributed by atoms with Crippen molar-refractivity contribution >= 4 is 33.7 Å². The summed E-state index contributed by atoms with van der Waals surface area (Å²) in [6, 6.07) is 12.2. The SMILES string of the molecule is COc1ccc(NS(=O)(=O)c2ccc(/C=C/C(=O)NC3CCCC3C(=O)O)cc2)cc1. The van der Waals surface area contributed by atoms with Crippen LogP contribution in [0.4, 0.5) is 5.69 Å². The molecule has 164 valence electrons. The predicted molar refractivity (Wildman–Crippen MR) is 116 cm³/mol. The molecule has 31 heavy (non-hydrogen) atoms. The third-order valence-corrected chi connectivity index (χ3v) is 6.52. The van der Waals surface area contributed by atoms with E-state index < -0.39 is 21.9 Å². The molecule has 0 heterocycles. The van der Waals surface area contributed by atoms with Gasteiger partial charge in [-0.3, -0.25) is 14.3 Å². The number of carboxylic acid groups (broad SMARTS) is 1. The van der Waals surface area contributed by atoms with Crippen molar-refractivity contribution < 1.29 is 27.9 Å². The number of amides is 1. The molecule has 2 aromatic carbocycles. The van der Waals surface area contributed by atoms with E-state index in [1.165, 1.54) is 25.3 Å². The summed E-state index contributed by atoms with van der Waals surface area (Å²) in [5.41, 5.74) is 1.05. The number of hydrogen-bond acceptors (Lipinski definition) is 5. The summed E-state index contributed by atoms with van der Waals surface area (Å²) in [6.45, 7) is 0. The van der Waals surface area contributed by atoms with Gasteiger partial charge in [0.25, 0.3) is 10.0 Å². The zero-order valence-corrected chi connectivity index (χ0v) is 17.8. The van der Waals surface area contributed by atoms with Gasteiger partial charge in [-0.15, -0.1) is 0 Å². The van der Waals surface area contributed by atoms with Crippen LogP contribution in [0.5, 0.6) is 5.75 Å². The largest absolute Gasteiger partial charge is 0.497 e. The fourth-order valence-electron chi connectivity index (χ4n) is 3.46. The first-order chi connectivity index (χ1) is 14.8. The van der Waals surface area contributed by atoms with E-state index in [4.69, 9.17) is 4.74 Å². The molecule has 2 aromatic rings. The smallest absolute Gasteiger partial charge is 0.308 e. The van der Waals surface area contributed by atoms with E-state index in [0.717, 1.165) is 6.42 Å². The highest BCUT2D eigenvalue weighted by molar-refractivity contribution is 7.92. The third kappa shape index (κ3) is 5.85. The molecule has 3 N–H and O–H groups in total. The number of methoxy groups -OCH3 is 1. The number of hydrogen-bond donors (Lipinski definition) is 3. The molecule has 0 saturated heterocycles. The normalized spacial score (nSPS) is 18.6. The summed E-state index contributed by atoms with van der Waals surface area (Å²) < 4.78 is 32.6. The molecule has 2 atom stereocenters. The highest BCUT2D eigenvalue weighted by Crippen LogP contribution is 2.26. The number of carbonyl (C=O) groups is 2. The standard InChI is InChI=1S/C22H24N2O6S/c1-30-17-10-8-16(9-11-17)24-31(28,29)18-12-5-15(6-13-18)7-14-21(25)23-20-4-2-3-19(20)22(26)27/h5-14,19-20,24H,2-4H2,1H3,(H,23,25)(H,26,27)/b14-7+. The van der Waals surface area contributed by atoms with Crippen LogP contribution in [0.15, 0.2) is 59.5 Å². The minimum Gasteiger partial charge on any atom is -0.497 e. The van der Waals surface area contributed by atoms with Gasteiger partial charge in [-0.25, -0.2) is 8.42 Å². The predicted octanol–water partition coefficient (Wildman–Crippen LogP) is 2.88. The molecule has 8 nitrogen and oxygen atoms in total. The Morgan fingerprint density at radius 1 is 1.06 bits per heavy atom. The molecule has 1 saturated carbocycles. The van der Waals surface area contributed by atoms with Crippen molar-refractivity contribution in [3.05, 3.63) is 60.2 Å². The van der Waals surface area contributed by atoms with Crippen molar-refractivity contribution in [1.82, 2.24) is 5.32 Å². The van der Waals surface area contributed by atoms with Gasteiger partial charge in [0, 0.05) is 17.8 Å². The minimum atomic E-state index is -3.76. The molecule has 0 bridgehead atoms. The molecule has 0 aromatic heterocycles. The zero-order valence-electron chi connectivity index (χ0n) is 16.9. The van der Waals surface area contributed by atoms with Gasteiger partial charge in [-0.1, -0.05) is 18.6 Å². The van der Waals surface area contributed by atoms with Crippen LogP contribution in [0.2, 0.25) is 0 Å². The number of carboxylic acids is 1. The van der Waals surface area contributed by atoms with Crippen molar-refractivity contribution in [2.24, 2.45) is 5.92 Å². The summed E-state index contributed by atoms with van der Waals surface area (Å²) in [5, 5.41) is 11.9. The summed E-state index contributed by atoms with van der Waals surface area (Å²) in [7, 11) is -2.23. The van der Waals surface area contributed by atoms with Crippen molar-refractivity contribution in [3.8, 4) is 5.75 Å². The Labute approximate surface area is 181 Å². The second-order valence-corrected chi connectivity index (χ2v) is 8.91. The number of ether oxygens (including phenoxy) is 1. The molecular formula is C22H24N2O6S. The highest BCUT2D eigenvalue weighted by atomic mass is 32.2. The van der Waals surface area contributed by atoms with E-state index in [1.807, 2.05) is 0 Å². The maximum Gasteiger partial charge on any atom is 0.308 e. The van der Waals surface area contributed by atoms with Crippen LogP contribution in [-0.4, -0.2) is 38.6 Å². The quantitative estimate of drug-likeness (QED) is 0.538. The second-order valence-electron chi connectivity index (χ2n) is 7.23. The summed E-state index contributed by atoms with van der Waals surface area (Å²) in [6.07, 6.45) is 4.84. The Hall–Kier alpha value is -3.33. The van der Waals surface area contributed by atoms with Gasteiger partial charge in [0.05, 0.1) is 17.9 Å². The summed E-state index contributed by atoms with van der Waals surface area (Å²) in [5.74, 6) is -1.21. The monoisotopic (exact) mass is 444 g/mol. The van der Waals surface area contributed by atoms with Crippen molar-refractivity contribution in [2.75, 3.05) is 11.8 Å². The topological polar surface area (TPSA) is 122 Å². The number of aliphatic carboxylic acids is 1. The average Bonchev–Trinajstić information content (AvgIpc) is 3.21. The molecular weight excluding hydrogens is 420 g/mol. The molecule has 9 heteroatoms. The average molecular weight is 445 g/mol. The lowest BCUT2D eigenvalue weighted by Crippen LogP contribution is -2.39.